The van der Waals surface area contributed by atoms with E-state index < -0.39 is 126 Å². The number of carbonyl (C=O) groups is 10. The normalized spacial score (nSPS) is 22.0. The third-order valence-corrected chi connectivity index (χ3v) is 20.9. The molecule has 0 spiro atoms. The Labute approximate surface area is 612 Å². The van der Waals surface area contributed by atoms with Gasteiger partial charge in [0.25, 0.3) is 5.91 Å². The van der Waals surface area contributed by atoms with Crippen LogP contribution in [0, 0.1) is 11.6 Å². The molecule has 2 aromatic heterocycles. The van der Waals surface area contributed by atoms with Gasteiger partial charge in [0.1, 0.15) is 59.7 Å². The summed E-state index contributed by atoms with van der Waals surface area (Å²) in [6, 6.07) is 29.8. The molecule has 3 aliphatic heterocycles. The van der Waals surface area contributed by atoms with E-state index in [1.165, 1.54) is 89.3 Å². The summed E-state index contributed by atoms with van der Waals surface area (Å²) < 4.78 is 30.1. The zero-order chi connectivity index (χ0) is 74.3. The Bertz CT molecular complexity index is 4600. The molecular weight excluding hydrogens is 1390 g/mol. The van der Waals surface area contributed by atoms with E-state index in [2.05, 4.69) is 47.2 Å². The number of nitrogens with zero attached hydrogens (tertiary/aromatic N) is 3. The van der Waals surface area contributed by atoms with Gasteiger partial charge in [0.05, 0.1) is 17.9 Å². The average molecular weight is 1470 g/mol. The first-order chi connectivity index (χ1) is 50.6. The summed E-state index contributed by atoms with van der Waals surface area (Å²) in [5, 5.41) is 30.2. The number of rotatable bonds is 12. The molecule has 0 aliphatic carbocycles. The van der Waals surface area contributed by atoms with Crippen LogP contribution in [0.3, 0.4) is 0 Å². The number of primary amides is 1. The van der Waals surface area contributed by atoms with Crippen molar-refractivity contribution in [3.05, 3.63) is 202 Å². The number of aromatic nitrogens is 2. The summed E-state index contributed by atoms with van der Waals surface area (Å²) >= 11 is 2.83. The highest BCUT2D eigenvalue weighted by Crippen LogP contribution is 2.33. The predicted octanol–water partition coefficient (Wildman–Crippen LogP) is 5.09. The maximum Gasteiger partial charge on any atom is 0.272 e. The van der Waals surface area contributed by atoms with Crippen LogP contribution in [0.25, 0.3) is 21.8 Å². The van der Waals surface area contributed by atoms with Crippen molar-refractivity contribution in [2.45, 2.75) is 118 Å². The lowest BCUT2D eigenvalue weighted by molar-refractivity contribution is -0.147. The molecule has 3 aliphatic rings. The quantitative estimate of drug-likeness (QED) is 0.0709. The molecule has 7 atom stereocenters. The van der Waals surface area contributed by atoms with Gasteiger partial charge in [-0.3, -0.25) is 52.8 Å². The number of aromatic amines is 2. The number of H-pyrrole nitrogens is 2. The van der Waals surface area contributed by atoms with Crippen molar-refractivity contribution in [1.82, 2.24) is 52.1 Å². The largest absolute Gasteiger partial charge is 0.508 e. The number of anilines is 1. The number of phenols is 1. The number of hydrogen-bond donors (Lipinski definition) is 12. The summed E-state index contributed by atoms with van der Waals surface area (Å²) in [4.78, 5) is 160. The van der Waals surface area contributed by atoms with Crippen LogP contribution in [0.15, 0.2) is 157 Å². The lowest BCUT2D eigenvalue weighted by Crippen LogP contribution is -2.62. The molecule has 5 heterocycles. The molecule has 0 unspecified atom stereocenters. The number of amides is 10. The number of aliphatic imine (C=N–C) groups is 1. The summed E-state index contributed by atoms with van der Waals surface area (Å²) in [6.07, 6.45) is 1.95. The highest BCUT2D eigenvalue weighted by molar-refractivity contribution is 7.98. The van der Waals surface area contributed by atoms with E-state index in [1.54, 1.807) is 73.7 Å². The number of nitrogens with two attached hydrogens (primary N) is 2. The van der Waals surface area contributed by atoms with E-state index in [4.69, 9.17) is 16.5 Å². The van der Waals surface area contributed by atoms with Gasteiger partial charge < -0.3 is 68.7 Å². The van der Waals surface area contributed by atoms with Crippen molar-refractivity contribution in [1.29, 1.82) is 0 Å². The summed E-state index contributed by atoms with van der Waals surface area (Å²) in [6.45, 7) is 0.438. The predicted molar refractivity (Wildman–Crippen MR) is 396 cm³/mol. The molecule has 10 amide bonds. The Kier molecular flexibility index (Phi) is 24.8. The van der Waals surface area contributed by atoms with Crippen molar-refractivity contribution in [3.8, 4) is 5.75 Å². The van der Waals surface area contributed by atoms with Crippen molar-refractivity contribution in [2.75, 3.05) is 42.6 Å². The Morgan fingerprint density at radius 1 is 0.638 bits per heavy atom. The van der Waals surface area contributed by atoms with Crippen LogP contribution >= 0.6 is 23.5 Å². The second-order valence-corrected chi connectivity index (χ2v) is 28.5. The summed E-state index contributed by atoms with van der Waals surface area (Å²) in [5.41, 5.74) is 15.3. The van der Waals surface area contributed by atoms with Gasteiger partial charge in [-0.25, -0.2) is 13.8 Å². The average Bonchev–Trinajstić information content (AvgIpc) is 1.67. The van der Waals surface area contributed by atoms with E-state index in [9.17, 15) is 33.5 Å². The maximum absolute atomic E-state index is 15.7. The molecule has 1 saturated heterocycles. The molecule has 11 rings (SSSR count). The lowest BCUT2D eigenvalue weighted by atomic mass is 9.95. The smallest absolute Gasteiger partial charge is 0.272 e. The lowest BCUT2D eigenvalue weighted by Gasteiger charge is -2.37. The van der Waals surface area contributed by atoms with Crippen molar-refractivity contribution < 1.29 is 61.8 Å². The van der Waals surface area contributed by atoms with Crippen LogP contribution < -0.4 is 53.6 Å². The van der Waals surface area contributed by atoms with Crippen LogP contribution in [0.2, 0.25) is 0 Å². The monoisotopic (exact) mass is 1470 g/mol. The van der Waals surface area contributed by atoms with Crippen LogP contribution in [0.4, 0.5) is 14.5 Å². The zero-order valence-electron chi connectivity index (χ0n) is 57.5. The maximum atomic E-state index is 15.7. The van der Waals surface area contributed by atoms with Gasteiger partial charge in [0, 0.05) is 101 Å². The van der Waals surface area contributed by atoms with Crippen LogP contribution in [0.5, 0.6) is 5.75 Å². The van der Waals surface area contributed by atoms with Gasteiger partial charge >= 0.3 is 0 Å². The SMILES string of the molecule is C[C@@]12CCCN1C(=O)[C@H](Cc1ccc(O)cc1)NC(=O)CN1C(=O)[C@H](N=C(c3ccccc3)c3ccccc31)NC(=O)[C@H](Cc1c[nH]c3ccc(F)cc13)NC(=O)[C@H](Cc1c[nH]c3ccc(F)cc13)NC(=O)CNC(=O)[C@H](CCCCN)NC(=O)CCSCc1cccc(c1)CSC[C@@H](C(N)=O)NC2=O. The van der Waals surface area contributed by atoms with Crippen LogP contribution in [-0.2, 0) is 78.7 Å². The topological polar surface area (TPSA) is 378 Å². The van der Waals surface area contributed by atoms with Crippen molar-refractivity contribution in [3.63, 3.8) is 0 Å². The molecule has 8 aromatic rings. The Morgan fingerprint density at radius 3 is 1.94 bits per heavy atom. The van der Waals surface area contributed by atoms with E-state index >= 15 is 28.4 Å². The third kappa shape index (κ3) is 18.9. The Balaban J connectivity index is 0.957. The molecule has 1 fully saturated rings. The second kappa shape index (κ2) is 34.6. The summed E-state index contributed by atoms with van der Waals surface area (Å²) in [5.74, 6) is -7.94. The van der Waals surface area contributed by atoms with E-state index in [0.29, 0.717) is 92.7 Å². The number of aromatic hydroxyl groups is 1. The fraction of sp³-hybridized carbons (Fsp3) is 0.329. The standard InChI is InChI=1S/C76H82F2N14O11S2/c1-76-27-10-29-92(76)73(101)61(32-44-18-22-52(93)23-19-44)86-66(96)40-91-63-17-6-5-15-53(63)67(47-13-3-2-4-14-47)89-69(74(91)102)90-72(100)60(34-49-38-82-57-25-21-51(78)36-55(49)57)87-71(99)59(33-48-37-81-56-24-20-50(77)35-54(48)56)85-65(95)39-83-70(98)58(16-7-8-28-79)84-64(94)26-30-104-41-45-11-9-12-46(31-45)42-105-43-62(68(80)97)88-75(76)103/h2-6,9,11-15,17-25,31,35-38,58-62,69,81-82,93H,7-8,10,16,26-30,32-34,39-43,79H2,1H3,(H2,80,97)(H,83,98)(H,84,94)(H,85,95)(H,86,96)(H,87,99)(H,88,103)(H,90,100)/t58-,59-,60-,61-,62-,69+,76-/m0/s1. The van der Waals surface area contributed by atoms with Crippen LogP contribution in [-0.4, -0.2) is 164 Å². The molecule has 105 heavy (non-hydrogen) atoms. The highest BCUT2D eigenvalue weighted by atomic mass is 32.2. The van der Waals surface area contributed by atoms with E-state index in [-0.39, 0.29) is 68.0 Å². The van der Waals surface area contributed by atoms with Gasteiger partial charge in [0.2, 0.25) is 59.3 Å². The molecule has 25 nitrogen and oxygen atoms in total. The highest BCUT2D eigenvalue weighted by Gasteiger charge is 2.49. The van der Waals surface area contributed by atoms with E-state index in [1.807, 2.05) is 24.3 Å². The third-order valence-electron chi connectivity index (χ3n) is 18.8. The Morgan fingerprint density at radius 2 is 1.27 bits per heavy atom. The number of thioether (sulfide) groups is 2. The fourth-order valence-corrected chi connectivity index (χ4v) is 15.1. The molecule has 4 bridgehead atoms. The van der Waals surface area contributed by atoms with E-state index in [0.717, 1.165) is 16.0 Å². The van der Waals surface area contributed by atoms with Gasteiger partial charge in [-0.15, -0.1) is 0 Å². The van der Waals surface area contributed by atoms with Gasteiger partial charge in [0.15, 0.2) is 0 Å². The minimum absolute atomic E-state index is 0.0276. The molecule has 548 valence electrons. The number of nitrogens with one attached hydrogen (secondary N) is 9. The first-order valence-electron chi connectivity index (χ1n) is 34.6. The Hall–Kier alpha value is -10.9. The molecule has 29 heteroatoms. The first-order valence-corrected chi connectivity index (χ1v) is 36.9. The number of unbranched alkanes of at least 4 members (excludes halogenated alkanes) is 1. The number of carbonyl (C=O) groups excluding carboxylic acids is 10. The van der Waals surface area contributed by atoms with Crippen molar-refractivity contribution in [2.24, 2.45) is 16.5 Å². The molecule has 0 radical (unpaired) electrons. The first kappa shape index (κ1) is 75.3. The number of halogens is 2. The molecule has 0 saturated carbocycles. The van der Waals surface area contributed by atoms with Gasteiger partial charge in [-0.1, -0.05) is 84.9 Å². The molecular formula is C76H82F2N14O11S2. The number of hydrogen-bond acceptors (Lipinski definition) is 15. The van der Waals surface area contributed by atoms with Gasteiger partial charge in [-0.05, 0) is 128 Å². The number of fused-ring (bicyclic) bond motifs is 9. The zero-order valence-corrected chi connectivity index (χ0v) is 59.2. The minimum atomic E-state index is -1.90. The minimum Gasteiger partial charge on any atom is -0.508 e. The molecule has 6 aromatic carbocycles. The fourth-order valence-electron chi connectivity index (χ4n) is 13.2. The van der Waals surface area contributed by atoms with Gasteiger partial charge in [-0.2, -0.15) is 23.5 Å². The second-order valence-electron chi connectivity index (χ2n) is 26.3. The van der Waals surface area contributed by atoms with Crippen molar-refractivity contribution >= 4 is 116 Å². The number of para-hydroxylation sites is 1. The number of phenolic OH excluding ortho intramolecular Hbond substituents is 1. The molecule has 14 N–H and O–H groups in total. The number of benzene rings is 6. The summed E-state index contributed by atoms with van der Waals surface area (Å²) in [7, 11) is 0. The van der Waals surface area contributed by atoms with Crippen LogP contribution in [0.1, 0.15) is 84.4 Å².